The van der Waals surface area contributed by atoms with Crippen molar-refractivity contribution in [1.82, 2.24) is 10.2 Å². The Morgan fingerprint density at radius 1 is 1.41 bits per heavy atom. The summed E-state index contributed by atoms with van der Waals surface area (Å²) in [6.07, 6.45) is 5.85. The molecule has 3 rings (SSSR count). The summed E-state index contributed by atoms with van der Waals surface area (Å²) in [7, 11) is 1.64. The Balaban J connectivity index is 1.67. The zero-order chi connectivity index (χ0) is 19.3. The summed E-state index contributed by atoms with van der Waals surface area (Å²) in [5.41, 5.74) is 0.707. The standard InChI is InChI=1S/C21H30N2O4/c1-27-18-7-4-5-16(13-18)14-21(10-8-19(25)22-21)11-9-20(26)23-12-3-2-6-17(23)15-24/h4-5,7,13,17,24H,2-3,6,8-12,14-15H2,1H3,(H,22,25)/t17-,21+/m0/s1. The van der Waals surface area contributed by atoms with Crippen molar-refractivity contribution in [2.75, 3.05) is 20.3 Å². The van der Waals surface area contributed by atoms with E-state index in [2.05, 4.69) is 5.32 Å². The van der Waals surface area contributed by atoms with Crippen LogP contribution in [0.4, 0.5) is 0 Å². The molecule has 2 heterocycles. The van der Waals surface area contributed by atoms with Crippen molar-refractivity contribution in [3.63, 3.8) is 0 Å². The number of methoxy groups -OCH3 is 1. The molecule has 0 aliphatic carbocycles. The van der Waals surface area contributed by atoms with E-state index in [1.165, 1.54) is 0 Å². The number of hydrogen-bond acceptors (Lipinski definition) is 4. The Labute approximate surface area is 160 Å². The third kappa shape index (κ3) is 4.80. The molecule has 0 radical (unpaired) electrons. The van der Waals surface area contributed by atoms with Crippen molar-refractivity contribution in [1.29, 1.82) is 0 Å². The van der Waals surface area contributed by atoms with Gasteiger partial charge in [0.15, 0.2) is 0 Å². The second kappa shape index (κ2) is 8.74. The number of benzene rings is 1. The van der Waals surface area contributed by atoms with Crippen LogP contribution in [0.25, 0.3) is 0 Å². The Morgan fingerprint density at radius 2 is 2.26 bits per heavy atom. The molecule has 0 spiro atoms. The number of likely N-dealkylation sites (tertiary alicyclic amines) is 1. The zero-order valence-corrected chi connectivity index (χ0v) is 16.1. The number of nitrogens with one attached hydrogen (secondary N) is 1. The molecule has 0 unspecified atom stereocenters. The van der Waals surface area contributed by atoms with Gasteiger partial charge in [0.25, 0.3) is 0 Å². The molecule has 1 aromatic carbocycles. The number of piperidine rings is 1. The van der Waals surface area contributed by atoms with Crippen LogP contribution in [0, 0.1) is 0 Å². The van der Waals surface area contributed by atoms with Crippen LogP contribution in [0.2, 0.25) is 0 Å². The van der Waals surface area contributed by atoms with Crippen molar-refractivity contribution in [2.24, 2.45) is 0 Å². The van der Waals surface area contributed by atoms with Crippen LogP contribution >= 0.6 is 0 Å². The molecule has 1 aromatic rings. The number of aliphatic hydroxyl groups is 1. The summed E-state index contributed by atoms with van der Waals surface area (Å²) in [5.74, 6) is 0.929. The lowest BCUT2D eigenvalue weighted by molar-refractivity contribution is -0.136. The Morgan fingerprint density at radius 3 is 2.96 bits per heavy atom. The first-order chi connectivity index (χ1) is 13.0. The van der Waals surface area contributed by atoms with Crippen LogP contribution < -0.4 is 10.1 Å². The fourth-order valence-electron chi connectivity index (χ4n) is 4.36. The van der Waals surface area contributed by atoms with Gasteiger partial charge in [-0.05, 0) is 56.2 Å². The molecule has 6 heteroatoms. The molecule has 0 saturated carbocycles. The van der Waals surface area contributed by atoms with Crippen LogP contribution in [0.3, 0.4) is 0 Å². The van der Waals surface area contributed by atoms with E-state index in [1.54, 1.807) is 7.11 Å². The van der Waals surface area contributed by atoms with Gasteiger partial charge in [-0.2, -0.15) is 0 Å². The van der Waals surface area contributed by atoms with E-state index in [1.807, 2.05) is 29.2 Å². The summed E-state index contributed by atoms with van der Waals surface area (Å²) in [6, 6.07) is 7.81. The summed E-state index contributed by atoms with van der Waals surface area (Å²) in [5, 5.41) is 12.7. The highest BCUT2D eigenvalue weighted by molar-refractivity contribution is 5.80. The fourth-order valence-corrected chi connectivity index (χ4v) is 4.36. The van der Waals surface area contributed by atoms with Gasteiger partial charge in [-0.1, -0.05) is 12.1 Å². The van der Waals surface area contributed by atoms with Gasteiger partial charge in [-0.25, -0.2) is 0 Å². The maximum atomic E-state index is 12.8. The van der Waals surface area contributed by atoms with Gasteiger partial charge >= 0.3 is 0 Å². The molecular formula is C21H30N2O4. The molecule has 6 nitrogen and oxygen atoms in total. The van der Waals surface area contributed by atoms with Gasteiger partial charge in [0.2, 0.25) is 11.8 Å². The predicted octanol–water partition coefficient (Wildman–Crippen LogP) is 2.04. The quantitative estimate of drug-likeness (QED) is 0.766. The van der Waals surface area contributed by atoms with E-state index in [9.17, 15) is 14.7 Å². The van der Waals surface area contributed by atoms with E-state index < -0.39 is 0 Å². The third-order valence-electron chi connectivity index (χ3n) is 5.89. The SMILES string of the molecule is COc1cccc(C[C@]2(CCC(=O)N3CCCC[C@H]3CO)CCC(=O)N2)c1. The molecule has 2 amide bonds. The average molecular weight is 374 g/mol. The minimum Gasteiger partial charge on any atom is -0.497 e. The summed E-state index contributed by atoms with van der Waals surface area (Å²) >= 11 is 0. The largest absolute Gasteiger partial charge is 0.497 e. The van der Waals surface area contributed by atoms with Crippen LogP contribution in [0.1, 0.15) is 50.5 Å². The van der Waals surface area contributed by atoms with Gasteiger partial charge in [-0.3, -0.25) is 9.59 Å². The molecule has 2 saturated heterocycles. The first kappa shape index (κ1) is 19.7. The second-order valence-corrected chi connectivity index (χ2v) is 7.78. The molecule has 0 aromatic heterocycles. The molecule has 148 valence electrons. The monoisotopic (exact) mass is 374 g/mol. The highest BCUT2D eigenvalue weighted by Crippen LogP contribution is 2.31. The molecule has 2 aliphatic heterocycles. The van der Waals surface area contributed by atoms with Gasteiger partial charge in [0.1, 0.15) is 5.75 Å². The van der Waals surface area contributed by atoms with E-state index in [0.717, 1.165) is 43.5 Å². The maximum absolute atomic E-state index is 12.8. The lowest BCUT2D eigenvalue weighted by atomic mass is 9.84. The van der Waals surface area contributed by atoms with Crippen molar-refractivity contribution < 1.29 is 19.4 Å². The van der Waals surface area contributed by atoms with Gasteiger partial charge in [0, 0.05) is 24.9 Å². The first-order valence-electron chi connectivity index (χ1n) is 9.89. The minimum absolute atomic E-state index is 0.0252. The van der Waals surface area contributed by atoms with Crippen LogP contribution in [-0.2, 0) is 16.0 Å². The van der Waals surface area contributed by atoms with Gasteiger partial charge in [-0.15, -0.1) is 0 Å². The van der Waals surface area contributed by atoms with Crippen LogP contribution in [0.5, 0.6) is 5.75 Å². The normalized spacial score (nSPS) is 25.3. The van der Waals surface area contributed by atoms with Crippen LogP contribution in [0.15, 0.2) is 24.3 Å². The zero-order valence-electron chi connectivity index (χ0n) is 16.1. The van der Waals surface area contributed by atoms with E-state index in [0.29, 0.717) is 25.7 Å². The molecular weight excluding hydrogens is 344 g/mol. The van der Waals surface area contributed by atoms with E-state index >= 15 is 0 Å². The second-order valence-electron chi connectivity index (χ2n) is 7.78. The number of aliphatic hydroxyl groups excluding tert-OH is 1. The molecule has 2 aliphatic rings. The first-order valence-corrected chi connectivity index (χ1v) is 9.89. The van der Waals surface area contributed by atoms with Crippen molar-refractivity contribution in [2.45, 2.75) is 62.9 Å². The van der Waals surface area contributed by atoms with Crippen LogP contribution in [-0.4, -0.2) is 53.7 Å². The summed E-state index contributed by atoms with van der Waals surface area (Å²) in [4.78, 5) is 26.6. The molecule has 27 heavy (non-hydrogen) atoms. The van der Waals surface area contributed by atoms with Crippen molar-refractivity contribution >= 4 is 11.8 Å². The lowest BCUT2D eigenvalue weighted by Gasteiger charge is -2.36. The smallest absolute Gasteiger partial charge is 0.222 e. The lowest BCUT2D eigenvalue weighted by Crippen LogP contribution is -2.48. The van der Waals surface area contributed by atoms with Crippen molar-refractivity contribution in [3.8, 4) is 5.75 Å². The Hall–Kier alpha value is -2.08. The van der Waals surface area contributed by atoms with E-state index in [4.69, 9.17) is 4.74 Å². The Kier molecular flexibility index (Phi) is 6.37. The number of hydrogen-bond donors (Lipinski definition) is 2. The summed E-state index contributed by atoms with van der Waals surface area (Å²) < 4.78 is 5.30. The Bertz CT molecular complexity index is 678. The number of carbonyl (C=O) groups excluding carboxylic acids is 2. The number of ether oxygens (including phenoxy) is 1. The number of amides is 2. The minimum atomic E-state index is -0.385. The highest BCUT2D eigenvalue weighted by Gasteiger charge is 2.38. The van der Waals surface area contributed by atoms with E-state index in [-0.39, 0.29) is 30.0 Å². The van der Waals surface area contributed by atoms with Gasteiger partial charge in [0.05, 0.1) is 19.8 Å². The topological polar surface area (TPSA) is 78.9 Å². The maximum Gasteiger partial charge on any atom is 0.222 e. The molecule has 2 N–H and O–H groups in total. The van der Waals surface area contributed by atoms with Crippen molar-refractivity contribution in [3.05, 3.63) is 29.8 Å². The number of carbonyl (C=O) groups is 2. The molecule has 0 bridgehead atoms. The average Bonchev–Trinajstić information content (AvgIpc) is 3.06. The predicted molar refractivity (Wildman–Crippen MR) is 102 cm³/mol. The molecule has 2 fully saturated rings. The summed E-state index contributed by atoms with van der Waals surface area (Å²) in [6.45, 7) is 0.747. The number of rotatable bonds is 7. The molecule has 2 atom stereocenters. The number of nitrogens with zero attached hydrogens (tertiary/aromatic N) is 1. The highest BCUT2D eigenvalue weighted by atomic mass is 16.5. The van der Waals surface area contributed by atoms with Gasteiger partial charge < -0.3 is 20.1 Å². The third-order valence-corrected chi connectivity index (χ3v) is 5.89. The fraction of sp³-hybridized carbons (Fsp3) is 0.619.